The molecule has 0 radical (unpaired) electrons. The number of ether oxygens (including phenoxy) is 1. The molecule has 144 valence electrons. The molecule has 0 spiro atoms. The third-order valence-electron chi connectivity index (χ3n) is 3.72. The van der Waals surface area contributed by atoms with Crippen molar-refractivity contribution in [3.05, 3.63) is 81.9 Å². The highest BCUT2D eigenvalue weighted by molar-refractivity contribution is 7.17. The van der Waals surface area contributed by atoms with Gasteiger partial charge in [0.15, 0.2) is 0 Å². The summed E-state index contributed by atoms with van der Waals surface area (Å²) in [5, 5.41) is 0.561. The number of benzene rings is 2. The number of carbonyl (C=O) groups is 2. The smallest absolute Gasteiger partial charge is 0.279 e. The van der Waals surface area contributed by atoms with Gasteiger partial charge in [-0.15, -0.1) is 11.3 Å². The van der Waals surface area contributed by atoms with Crippen LogP contribution in [-0.2, 0) is 16.1 Å². The summed E-state index contributed by atoms with van der Waals surface area (Å²) >= 11 is 7.25. The van der Waals surface area contributed by atoms with E-state index in [0.717, 1.165) is 16.0 Å². The summed E-state index contributed by atoms with van der Waals surface area (Å²) in [5.74, 6) is -1.26. The molecule has 0 saturated carbocycles. The molecule has 1 aromatic heterocycles. The summed E-state index contributed by atoms with van der Waals surface area (Å²) in [7, 11) is 0. The first-order valence-corrected chi connectivity index (χ1v) is 9.48. The molecule has 0 aliphatic rings. The number of rotatable bonds is 6. The Bertz CT molecular complexity index is 976. The number of thiophene rings is 1. The Hall–Kier alpha value is -2.74. The summed E-state index contributed by atoms with van der Waals surface area (Å²) < 4.78 is 18.3. The molecule has 0 aliphatic heterocycles. The summed E-state index contributed by atoms with van der Waals surface area (Å²) in [5.41, 5.74) is 6.22. The van der Waals surface area contributed by atoms with E-state index in [2.05, 4.69) is 10.9 Å². The molecule has 0 bridgehead atoms. The van der Waals surface area contributed by atoms with Gasteiger partial charge in [0.1, 0.15) is 12.4 Å². The molecule has 2 amide bonds. The van der Waals surface area contributed by atoms with Crippen LogP contribution in [0.3, 0.4) is 0 Å². The van der Waals surface area contributed by atoms with Crippen LogP contribution in [-0.4, -0.2) is 18.4 Å². The SMILES string of the molecule is O=C(COCc1ccccc1Cl)NNC(=O)c1ccc(-c2ccc(F)cc2)s1. The van der Waals surface area contributed by atoms with Gasteiger partial charge in [-0.25, -0.2) is 4.39 Å². The zero-order chi connectivity index (χ0) is 19.9. The summed E-state index contributed by atoms with van der Waals surface area (Å²) in [6.07, 6.45) is 0. The van der Waals surface area contributed by atoms with Crippen LogP contribution in [0.2, 0.25) is 5.02 Å². The van der Waals surface area contributed by atoms with Crippen molar-refractivity contribution in [3.8, 4) is 10.4 Å². The predicted molar refractivity (Wildman–Crippen MR) is 106 cm³/mol. The molecule has 2 N–H and O–H groups in total. The maximum Gasteiger partial charge on any atom is 0.279 e. The molecular weight excluding hydrogens is 403 g/mol. The molecule has 2 aromatic carbocycles. The Morgan fingerprint density at radius 2 is 1.75 bits per heavy atom. The number of hydrogen-bond donors (Lipinski definition) is 2. The fourth-order valence-electron chi connectivity index (χ4n) is 2.32. The van der Waals surface area contributed by atoms with Gasteiger partial charge in [0, 0.05) is 9.90 Å². The molecule has 5 nitrogen and oxygen atoms in total. The lowest BCUT2D eigenvalue weighted by Gasteiger charge is -2.08. The highest BCUT2D eigenvalue weighted by atomic mass is 35.5. The van der Waals surface area contributed by atoms with E-state index in [4.69, 9.17) is 16.3 Å². The number of hydrazine groups is 1. The first-order valence-electron chi connectivity index (χ1n) is 8.29. The van der Waals surface area contributed by atoms with Crippen molar-refractivity contribution in [3.63, 3.8) is 0 Å². The van der Waals surface area contributed by atoms with E-state index in [1.54, 1.807) is 42.5 Å². The summed E-state index contributed by atoms with van der Waals surface area (Å²) in [6, 6.07) is 16.6. The summed E-state index contributed by atoms with van der Waals surface area (Å²) in [4.78, 5) is 25.2. The highest BCUT2D eigenvalue weighted by Crippen LogP contribution is 2.28. The molecule has 0 fully saturated rings. The van der Waals surface area contributed by atoms with Crippen LogP contribution in [0.25, 0.3) is 10.4 Å². The van der Waals surface area contributed by atoms with E-state index >= 15 is 0 Å². The zero-order valence-corrected chi connectivity index (χ0v) is 16.1. The minimum atomic E-state index is -0.490. The van der Waals surface area contributed by atoms with Crippen LogP contribution < -0.4 is 10.9 Å². The zero-order valence-electron chi connectivity index (χ0n) is 14.6. The van der Waals surface area contributed by atoms with Gasteiger partial charge in [0.2, 0.25) is 0 Å². The minimum absolute atomic E-state index is 0.187. The van der Waals surface area contributed by atoms with E-state index in [-0.39, 0.29) is 19.0 Å². The van der Waals surface area contributed by atoms with Gasteiger partial charge in [-0.2, -0.15) is 0 Å². The number of hydrogen-bond acceptors (Lipinski definition) is 4. The van der Waals surface area contributed by atoms with Gasteiger partial charge in [-0.1, -0.05) is 41.9 Å². The number of nitrogens with one attached hydrogen (secondary N) is 2. The van der Waals surface area contributed by atoms with E-state index in [1.807, 2.05) is 6.07 Å². The monoisotopic (exact) mass is 418 g/mol. The number of halogens is 2. The van der Waals surface area contributed by atoms with Crippen LogP contribution in [0.4, 0.5) is 4.39 Å². The predicted octanol–water partition coefficient (Wildman–Crippen LogP) is 4.19. The molecular formula is C20H16ClFN2O3S. The van der Waals surface area contributed by atoms with E-state index < -0.39 is 11.8 Å². The molecule has 0 aliphatic carbocycles. The molecule has 28 heavy (non-hydrogen) atoms. The third kappa shape index (κ3) is 5.39. The lowest BCUT2D eigenvalue weighted by Crippen LogP contribution is -2.43. The number of carbonyl (C=O) groups excluding carboxylic acids is 2. The second-order valence-corrected chi connectivity index (χ2v) is 7.25. The summed E-state index contributed by atoms with van der Waals surface area (Å²) in [6.45, 7) is -0.0379. The van der Waals surface area contributed by atoms with Crippen molar-refractivity contribution in [1.29, 1.82) is 0 Å². The van der Waals surface area contributed by atoms with E-state index in [1.165, 1.54) is 23.5 Å². The topological polar surface area (TPSA) is 67.4 Å². The maximum atomic E-state index is 13.0. The standard InChI is InChI=1S/C20H16ClFN2O3S/c21-16-4-2-1-3-14(16)11-27-12-19(25)23-24-20(26)18-10-9-17(28-18)13-5-7-15(22)8-6-13/h1-10H,11-12H2,(H,23,25)(H,24,26). The Morgan fingerprint density at radius 3 is 2.50 bits per heavy atom. The van der Waals surface area contributed by atoms with Gasteiger partial charge in [-0.05, 0) is 41.5 Å². The Kier molecular flexibility index (Phi) is 6.76. The maximum absolute atomic E-state index is 13.0. The van der Waals surface area contributed by atoms with Crippen LogP contribution in [0, 0.1) is 5.82 Å². The van der Waals surface area contributed by atoms with Gasteiger partial charge in [0.05, 0.1) is 11.5 Å². The lowest BCUT2D eigenvalue weighted by molar-refractivity contribution is -0.126. The average molecular weight is 419 g/mol. The Balaban J connectivity index is 1.45. The Morgan fingerprint density at radius 1 is 1.00 bits per heavy atom. The van der Waals surface area contributed by atoms with E-state index in [0.29, 0.717) is 9.90 Å². The quantitative estimate of drug-likeness (QED) is 0.590. The highest BCUT2D eigenvalue weighted by Gasteiger charge is 2.12. The van der Waals surface area contributed by atoms with Crippen molar-refractivity contribution in [1.82, 2.24) is 10.9 Å². The Labute approximate surface area is 170 Å². The van der Waals surface area contributed by atoms with Gasteiger partial charge in [-0.3, -0.25) is 20.4 Å². The molecule has 8 heteroatoms. The first kappa shape index (κ1) is 20.0. The normalized spacial score (nSPS) is 10.5. The first-order chi connectivity index (χ1) is 13.5. The number of amides is 2. The molecule has 3 aromatic rings. The average Bonchev–Trinajstić information content (AvgIpc) is 3.18. The van der Waals surface area contributed by atoms with Gasteiger partial charge < -0.3 is 4.74 Å². The van der Waals surface area contributed by atoms with Crippen LogP contribution in [0.15, 0.2) is 60.7 Å². The van der Waals surface area contributed by atoms with Crippen LogP contribution in [0.5, 0.6) is 0 Å². The lowest BCUT2D eigenvalue weighted by atomic mass is 10.2. The second kappa shape index (κ2) is 9.45. The third-order valence-corrected chi connectivity index (χ3v) is 5.22. The molecule has 0 unspecified atom stereocenters. The fourth-order valence-corrected chi connectivity index (χ4v) is 3.42. The van der Waals surface area contributed by atoms with Crippen molar-refractivity contribution in [2.75, 3.05) is 6.61 Å². The van der Waals surface area contributed by atoms with Crippen molar-refractivity contribution >= 4 is 34.8 Å². The molecule has 3 rings (SSSR count). The van der Waals surface area contributed by atoms with Crippen molar-refractivity contribution < 1.29 is 18.7 Å². The second-order valence-electron chi connectivity index (χ2n) is 5.76. The van der Waals surface area contributed by atoms with Crippen molar-refractivity contribution in [2.45, 2.75) is 6.61 Å². The van der Waals surface area contributed by atoms with Crippen LogP contribution in [0.1, 0.15) is 15.2 Å². The molecule has 0 saturated heterocycles. The minimum Gasteiger partial charge on any atom is -0.367 e. The van der Waals surface area contributed by atoms with E-state index in [9.17, 15) is 14.0 Å². The van der Waals surface area contributed by atoms with Crippen LogP contribution >= 0.6 is 22.9 Å². The van der Waals surface area contributed by atoms with Crippen molar-refractivity contribution in [2.24, 2.45) is 0 Å². The molecule has 1 heterocycles. The van der Waals surface area contributed by atoms with Gasteiger partial charge >= 0.3 is 0 Å². The molecule has 0 atom stereocenters. The van der Waals surface area contributed by atoms with Gasteiger partial charge in [0.25, 0.3) is 11.8 Å². The fraction of sp³-hybridized carbons (Fsp3) is 0.100. The largest absolute Gasteiger partial charge is 0.367 e.